The van der Waals surface area contributed by atoms with Crippen molar-refractivity contribution < 1.29 is 9.59 Å². The molecule has 0 aliphatic rings. The highest BCUT2D eigenvalue weighted by Crippen LogP contribution is 2.10. The summed E-state index contributed by atoms with van der Waals surface area (Å²) in [6, 6.07) is 3.07. The molecular formula is C14H22N4O2. The average molecular weight is 278 g/mol. The van der Waals surface area contributed by atoms with Gasteiger partial charge in [-0.05, 0) is 32.9 Å². The summed E-state index contributed by atoms with van der Waals surface area (Å²) in [4.78, 5) is 29.1. The summed E-state index contributed by atoms with van der Waals surface area (Å²) in [6.07, 6.45) is 1.55. The highest BCUT2D eigenvalue weighted by atomic mass is 16.2. The van der Waals surface area contributed by atoms with Crippen LogP contribution in [0.5, 0.6) is 0 Å². The van der Waals surface area contributed by atoms with Crippen LogP contribution in [-0.4, -0.2) is 47.9 Å². The molecule has 0 aliphatic carbocycles. The summed E-state index contributed by atoms with van der Waals surface area (Å²) >= 11 is 0. The first-order chi connectivity index (χ1) is 9.31. The van der Waals surface area contributed by atoms with E-state index in [-0.39, 0.29) is 23.9 Å². The fraction of sp³-hybridized carbons (Fsp3) is 0.500. The van der Waals surface area contributed by atoms with Gasteiger partial charge in [0.15, 0.2) is 0 Å². The summed E-state index contributed by atoms with van der Waals surface area (Å²) in [5, 5.41) is 5.88. The van der Waals surface area contributed by atoms with Gasteiger partial charge in [-0.2, -0.15) is 0 Å². The number of nitrogens with one attached hydrogen (secondary N) is 2. The Kier molecular flexibility index (Phi) is 5.49. The van der Waals surface area contributed by atoms with Gasteiger partial charge in [0, 0.05) is 32.0 Å². The lowest BCUT2D eigenvalue weighted by Gasteiger charge is -2.17. The Morgan fingerprint density at radius 1 is 1.25 bits per heavy atom. The third-order valence-electron chi connectivity index (χ3n) is 2.59. The molecule has 1 aromatic heterocycles. The van der Waals surface area contributed by atoms with Gasteiger partial charge in [0.05, 0.1) is 0 Å². The van der Waals surface area contributed by atoms with Gasteiger partial charge in [0.25, 0.3) is 5.91 Å². The maximum atomic E-state index is 11.8. The highest BCUT2D eigenvalue weighted by Gasteiger charge is 2.15. The van der Waals surface area contributed by atoms with Crippen molar-refractivity contribution in [1.82, 2.24) is 15.2 Å². The van der Waals surface area contributed by atoms with Crippen LogP contribution in [-0.2, 0) is 4.79 Å². The smallest absolute Gasteiger partial charge is 0.272 e. The number of hydrogen-bond acceptors (Lipinski definition) is 4. The van der Waals surface area contributed by atoms with Crippen LogP contribution in [0.25, 0.3) is 0 Å². The molecule has 1 rings (SSSR count). The topological polar surface area (TPSA) is 74.3 Å². The van der Waals surface area contributed by atoms with Crippen molar-refractivity contribution >= 4 is 17.5 Å². The van der Waals surface area contributed by atoms with Gasteiger partial charge in [0.2, 0.25) is 5.91 Å². The van der Waals surface area contributed by atoms with E-state index in [2.05, 4.69) is 15.6 Å². The molecule has 0 aromatic carbocycles. The normalized spacial score (nSPS) is 11.9. The molecule has 0 radical (unpaired) electrons. The number of carbonyl (C=O) groups excluding carboxylic acids is 2. The summed E-state index contributed by atoms with van der Waals surface area (Å²) in [5.74, 6) is -0.259. The van der Waals surface area contributed by atoms with Crippen molar-refractivity contribution in [3.05, 3.63) is 24.0 Å². The molecule has 6 nitrogen and oxygen atoms in total. The molecule has 0 bridgehead atoms. The number of anilines is 1. The second-order valence-corrected chi connectivity index (χ2v) is 5.16. The van der Waals surface area contributed by atoms with E-state index in [9.17, 15) is 9.59 Å². The lowest BCUT2D eigenvalue weighted by molar-refractivity contribution is -0.122. The lowest BCUT2D eigenvalue weighted by atomic mass is 10.2. The maximum absolute atomic E-state index is 11.8. The van der Waals surface area contributed by atoms with E-state index in [0.717, 1.165) is 0 Å². The van der Waals surface area contributed by atoms with Crippen LogP contribution >= 0.6 is 0 Å². The molecule has 0 spiro atoms. The summed E-state index contributed by atoms with van der Waals surface area (Å²) < 4.78 is 0. The molecule has 1 unspecified atom stereocenters. The van der Waals surface area contributed by atoms with Crippen LogP contribution in [0.3, 0.4) is 0 Å². The van der Waals surface area contributed by atoms with Crippen molar-refractivity contribution in [1.29, 1.82) is 0 Å². The molecule has 110 valence electrons. The molecule has 1 heterocycles. The Bertz CT molecular complexity index is 486. The molecule has 0 saturated carbocycles. The van der Waals surface area contributed by atoms with E-state index in [1.54, 1.807) is 39.3 Å². The van der Waals surface area contributed by atoms with E-state index < -0.39 is 0 Å². The predicted molar refractivity (Wildman–Crippen MR) is 78.6 cm³/mol. The van der Waals surface area contributed by atoms with Gasteiger partial charge in [-0.25, -0.2) is 0 Å². The van der Waals surface area contributed by atoms with Gasteiger partial charge in [-0.1, -0.05) is 0 Å². The summed E-state index contributed by atoms with van der Waals surface area (Å²) in [5.41, 5.74) is 1.04. The number of pyridine rings is 1. The zero-order valence-corrected chi connectivity index (χ0v) is 12.6. The van der Waals surface area contributed by atoms with Crippen molar-refractivity contribution in [2.24, 2.45) is 0 Å². The van der Waals surface area contributed by atoms with Gasteiger partial charge < -0.3 is 15.5 Å². The Morgan fingerprint density at radius 3 is 2.45 bits per heavy atom. The van der Waals surface area contributed by atoms with Crippen LogP contribution in [0, 0.1) is 0 Å². The largest absolute Gasteiger partial charge is 0.374 e. The van der Waals surface area contributed by atoms with Crippen molar-refractivity contribution in [3.63, 3.8) is 0 Å². The summed E-state index contributed by atoms with van der Waals surface area (Å²) in [6.45, 7) is 5.58. The van der Waals surface area contributed by atoms with Gasteiger partial charge >= 0.3 is 0 Å². The molecule has 6 heteroatoms. The van der Waals surface area contributed by atoms with E-state index in [1.165, 1.54) is 4.90 Å². The molecule has 1 aromatic rings. The minimum absolute atomic E-state index is 0.0858. The fourth-order valence-corrected chi connectivity index (χ4v) is 1.59. The van der Waals surface area contributed by atoms with E-state index in [1.807, 2.05) is 13.8 Å². The number of carbonyl (C=O) groups is 2. The molecule has 20 heavy (non-hydrogen) atoms. The molecular weight excluding hydrogens is 256 g/mol. The van der Waals surface area contributed by atoms with Crippen molar-refractivity contribution in [3.8, 4) is 0 Å². The molecule has 2 amide bonds. The van der Waals surface area contributed by atoms with Crippen LogP contribution in [0.1, 0.15) is 31.3 Å². The van der Waals surface area contributed by atoms with Crippen LogP contribution in [0.15, 0.2) is 18.3 Å². The zero-order chi connectivity index (χ0) is 15.3. The SMILES string of the molecule is CC(C)NC(=O)C(C)Nc1ccnc(C(=O)N(C)C)c1. The quantitative estimate of drug-likeness (QED) is 0.846. The number of amides is 2. The monoisotopic (exact) mass is 278 g/mol. The molecule has 2 N–H and O–H groups in total. The molecule has 1 atom stereocenters. The van der Waals surface area contributed by atoms with Crippen LogP contribution in [0.4, 0.5) is 5.69 Å². The minimum Gasteiger partial charge on any atom is -0.374 e. The number of rotatable bonds is 5. The maximum Gasteiger partial charge on any atom is 0.272 e. The average Bonchev–Trinajstić information content (AvgIpc) is 2.37. The van der Waals surface area contributed by atoms with Crippen LogP contribution < -0.4 is 10.6 Å². The van der Waals surface area contributed by atoms with Crippen molar-refractivity contribution in [2.45, 2.75) is 32.9 Å². The summed E-state index contributed by atoms with van der Waals surface area (Å²) in [7, 11) is 3.34. The van der Waals surface area contributed by atoms with Gasteiger partial charge in [0.1, 0.15) is 11.7 Å². The van der Waals surface area contributed by atoms with E-state index >= 15 is 0 Å². The first kappa shape index (κ1) is 15.9. The highest BCUT2D eigenvalue weighted by molar-refractivity contribution is 5.93. The molecule has 0 aliphatic heterocycles. The van der Waals surface area contributed by atoms with Gasteiger partial charge in [-0.3, -0.25) is 14.6 Å². The first-order valence-electron chi connectivity index (χ1n) is 6.56. The standard InChI is InChI=1S/C14H22N4O2/c1-9(2)16-13(19)10(3)17-11-6-7-15-12(8-11)14(20)18(4)5/h6-10H,1-5H3,(H,15,17)(H,16,19). The van der Waals surface area contributed by atoms with Crippen molar-refractivity contribution in [2.75, 3.05) is 19.4 Å². The second kappa shape index (κ2) is 6.88. The Labute approximate surface area is 119 Å². The zero-order valence-electron chi connectivity index (χ0n) is 12.6. The Morgan fingerprint density at radius 2 is 1.90 bits per heavy atom. The van der Waals surface area contributed by atoms with E-state index in [0.29, 0.717) is 11.4 Å². The third kappa shape index (κ3) is 4.53. The molecule has 0 fully saturated rings. The predicted octanol–water partition coefficient (Wildman–Crippen LogP) is 1.11. The minimum atomic E-state index is -0.387. The first-order valence-corrected chi connectivity index (χ1v) is 6.56. The second-order valence-electron chi connectivity index (χ2n) is 5.16. The van der Waals surface area contributed by atoms with E-state index in [4.69, 9.17) is 0 Å². The molecule has 0 saturated heterocycles. The fourth-order valence-electron chi connectivity index (χ4n) is 1.59. The number of nitrogens with zero attached hydrogens (tertiary/aromatic N) is 2. The van der Waals surface area contributed by atoms with Crippen LogP contribution in [0.2, 0.25) is 0 Å². The Hall–Kier alpha value is -2.11. The third-order valence-corrected chi connectivity index (χ3v) is 2.59. The Balaban J connectivity index is 2.76. The lowest BCUT2D eigenvalue weighted by Crippen LogP contribution is -2.41. The number of hydrogen-bond donors (Lipinski definition) is 2. The van der Waals surface area contributed by atoms with Gasteiger partial charge in [-0.15, -0.1) is 0 Å². The number of aromatic nitrogens is 1.